The zero-order valence-corrected chi connectivity index (χ0v) is 14.9. The normalized spacial score (nSPS) is 16.4. The molecule has 0 radical (unpaired) electrons. The molecule has 0 saturated carbocycles. The van der Waals surface area contributed by atoms with Crippen LogP contribution in [0.25, 0.3) is 0 Å². The molecule has 0 spiro atoms. The number of para-hydroxylation sites is 1. The molecule has 1 amide bonds. The van der Waals surface area contributed by atoms with Crippen LogP contribution in [0.1, 0.15) is 28.8 Å². The van der Waals surface area contributed by atoms with Crippen molar-refractivity contribution < 1.29 is 14.5 Å². The zero-order chi connectivity index (χ0) is 18.5. The molecule has 1 aliphatic rings. The highest BCUT2D eigenvalue weighted by Crippen LogP contribution is 2.23. The van der Waals surface area contributed by atoms with Crippen molar-refractivity contribution in [2.24, 2.45) is 0 Å². The van der Waals surface area contributed by atoms with Crippen LogP contribution < -0.4 is 0 Å². The molecule has 3 rings (SSSR count). The minimum absolute atomic E-state index is 0.0472. The molecule has 26 heavy (non-hydrogen) atoms. The largest absolute Gasteiger partial charge is 0.376 e. The van der Waals surface area contributed by atoms with Crippen LogP contribution in [0.3, 0.4) is 0 Å². The lowest BCUT2D eigenvalue weighted by atomic mass is 10.1. The molecule has 2 aromatic rings. The van der Waals surface area contributed by atoms with E-state index in [9.17, 15) is 14.9 Å². The number of carbonyl (C=O) groups is 1. The summed E-state index contributed by atoms with van der Waals surface area (Å²) in [6.07, 6.45) is 1.79. The number of nitro benzene ring substituents is 1. The standard InChI is InChI=1S/C19H19ClN2O4/c20-15-9-7-14(8-10-15)12-21(13-16-4-3-11-26-16)19(23)17-5-1-2-6-18(17)22(24)25/h1-2,5-10,16H,3-4,11-13H2/t16-/m1/s1. The fraction of sp³-hybridized carbons (Fsp3) is 0.316. The summed E-state index contributed by atoms with van der Waals surface area (Å²) in [7, 11) is 0. The van der Waals surface area contributed by atoms with Gasteiger partial charge in [-0.2, -0.15) is 0 Å². The summed E-state index contributed by atoms with van der Waals surface area (Å²) in [5.41, 5.74) is 0.801. The number of rotatable bonds is 6. The van der Waals surface area contributed by atoms with Crippen molar-refractivity contribution in [2.45, 2.75) is 25.5 Å². The first-order chi connectivity index (χ1) is 12.5. The Kier molecular flexibility index (Phi) is 5.85. The molecule has 7 heteroatoms. The van der Waals surface area contributed by atoms with E-state index >= 15 is 0 Å². The van der Waals surface area contributed by atoms with Gasteiger partial charge in [0.2, 0.25) is 0 Å². The third-order valence-electron chi connectivity index (χ3n) is 4.35. The van der Waals surface area contributed by atoms with Gasteiger partial charge in [-0.1, -0.05) is 35.9 Å². The molecule has 1 atom stereocenters. The average Bonchev–Trinajstić information content (AvgIpc) is 3.15. The van der Waals surface area contributed by atoms with Crippen LogP contribution in [0.15, 0.2) is 48.5 Å². The van der Waals surface area contributed by atoms with Gasteiger partial charge in [0.15, 0.2) is 0 Å². The van der Waals surface area contributed by atoms with Gasteiger partial charge in [0.05, 0.1) is 11.0 Å². The fourth-order valence-electron chi connectivity index (χ4n) is 3.05. The number of carbonyl (C=O) groups excluding carboxylic acids is 1. The quantitative estimate of drug-likeness (QED) is 0.564. The van der Waals surface area contributed by atoms with Gasteiger partial charge >= 0.3 is 0 Å². The molecular formula is C19H19ClN2O4. The maximum Gasteiger partial charge on any atom is 0.282 e. The number of benzene rings is 2. The number of amides is 1. The second kappa shape index (κ2) is 8.29. The predicted octanol–water partition coefficient (Wildman–Crippen LogP) is 4.07. The second-order valence-electron chi connectivity index (χ2n) is 6.22. The second-order valence-corrected chi connectivity index (χ2v) is 6.66. The summed E-state index contributed by atoms with van der Waals surface area (Å²) in [5, 5.41) is 11.9. The highest BCUT2D eigenvalue weighted by atomic mass is 35.5. The van der Waals surface area contributed by atoms with E-state index in [2.05, 4.69) is 0 Å². The van der Waals surface area contributed by atoms with E-state index in [1.165, 1.54) is 12.1 Å². The lowest BCUT2D eigenvalue weighted by molar-refractivity contribution is -0.385. The molecule has 1 heterocycles. The molecule has 136 valence electrons. The molecule has 1 saturated heterocycles. The van der Waals surface area contributed by atoms with E-state index in [0.717, 1.165) is 18.4 Å². The van der Waals surface area contributed by atoms with Crippen molar-refractivity contribution in [3.8, 4) is 0 Å². The van der Waals surface area contributed by atoms with Crippen LogP contribution in [0.5, 0.6) is 0 Å². The zero-order valence-electron chi connectivity index (χ0n) is 14.1. The van der Waals surface area contributed by atoms with E-state index in [4.69, 9.17) is 16.3 Å². The first-order valence-electron chi connectivity index (χ1n) is 8.43. The SMILES string of the molecule is O=C(c1ccccc1[N+](=O)[O-])N(Cc1ccc(Cl)cc1)C[C@H]1CCCO1. The van der Waals surface area contributed by atoms with E-state index < -0.39 is 4.92 Å². The number of hydrogen-bond acceptors (Lipinski definition) is 4. The minimum Gasteiger partial charge on any atom is -0.376 e. The van der Waals surface area contributed by atoms with Crippen molar-refractivity contribution in [1.29, 1.82) is 0 Å². The topological polar surface area (TPSA) is 72.7 Å². The van der Waals surface area contributed by atoms with E-state index in [-0.39, 0.29) is 23.3 Å². The first kappa shape index (κ1) is 18.4. The van der Waals surface area contributed by atoms with Gasteiger partial charge in [-0.05, 0) is 36.6 Å². The Labute approximate surface area is 156 Å². The molecule has 1 fully saturated rings. The summed E-state index contributed by atoms with van der Waals surface area (Å²) in [4.78, 5) is 25.4. The number of nitro groups is 1. The lowest BCUT2D eigenvalue weighted by Gasteiger charge is -2.25. The van der Waals surface area contributed by atoms with Crippen LogP contribution in [-0.4, -0.2) is 35.0 Å². The number of halogens is 1. The molecule has 1 aliphatic heterocycles. The highest BCUT2D eigenvalue weighted by Gasteiger charge is 2.27. The summed E-state index contributed by atoms with van der Waals surface area (Å²) in [6.45, 7) is 1.41. The molecular weight excluding hydrogens is 356 g/mol. The third-order valence-corrected chi connectivity index (χ3v) is 4.61. The van der Waals surface area contributed by atoms with Gasteiger partial charge in [0.25, 0.3) is 11.6 Å². The van der Waals surface area contributed by atoms with E-state index in [1.807, 2.05) is 12.1 Å². The average molecular weight is 375 g/mol. The van der Waals surface area contributed by atoms with E-state index in [0.29, 0.717) is 24.7 Å². The van der Waals surface area contributed by atoms with Crippen LogP contribution in [0, 0.1) is 10.1 Å². The Bertz CT molecular complexity index is 788. The smallest absolute Gasteiger partial charge is 0.282 e. The highest BCUT2D eigenvalue weighted by molar-refractivity contribution is 6.30. The van der Waals surface area contributed by atoms with Gasteiger partial charge in [0, 0.05) is 30.8 Å². The van der Waals surface area contributed by atoms with Crippen LogP contribution in [0.2, 0.25) is 5.02 Å². The molecule has 6 nitrogen and oxygen atoms in total. The molecule has 2 aromatic carbocycles. The first-order valence-corrected chi connectivity index (χ1v) is 8.81. The summed E-state index contributed by atoms with van der Waals surface area (Å²) in [5.74, 6) is -0.372. The van der Waals surface area contributed by atoms with Gasteiger partial charge in [-0.3, -0.25) is 14.9 Å². The summed E-state index contributed by atoms with van der Waals surface area (Å²) >= 11 is 5.92. The fourth-order valence-corrected chi connectivity index (χ4v) is 3.17. The maximum atomic E-state index is 13.1. The third kappa shape index (κ3) is 4.39. The predicted molar refractivity (Wildman–Crippen MR) is 98.3 cm³/mol. The van der Waals surface area contributed by atoms with Gasteiger partial charge < -0.3 is 9.64 Å². The number of ether oxygens (including phenoxy) is 1. The van der Waals surface area contributed by atoms with Gasteiger partial charge in [-0.15, -0.1) is 0 Å². The molecule has 0 aliphatic carbocycles. The summed E-state index contributed by atoms with van der Waals surface area (Å²) in [6, 6.07) is 13.2. The van der Waals surface area contributed by atoms with Gasteiger partial charge in [-0.25, -0.2) is 0 Å². The van der Waals surface area contributed by atoms with Crippen molar-refractivity contribution in [1.82, 2.24) is 4.90 Å². The molecule has 0 bridgehead atoms. The van der Waals surface area contributed by atoms with E-state index in [1.54, 1.807) is 29.2 Å². The molecule has 0 aromatic heterocycles. The maximum absolute atomic E-state index is 13.1. The Morgan fingerprint density at radius 1 is 1.23 bits per heavy atom. The van der Waals surface area contributed by atoms with Crippen LogP contribution in [-0.2, 0) is 11.3 Å². The molecule has 0 unspecified atom stereocenters. The van der Waals surface area contributed by atoms with Crippen LogP contribution >= 0.6 is 11.6 Å². The summed E-state index contributed by atoms with van der Waals surface area (Å²) < 4.78 is 5.66. The van der Waals surface area contributed by atoms with Gasteiger partial charge in [0.1, 0.15) is 5.56 Å². The number of hydrogen-bond donors (Lipinski definition) is 0. The Morgan fingerprint density at radius 2 is 1.96 bits per heavy atom. The Balaban J connectivity index is 1.87. The Hall–Kier alpha value is -2.44. The van der Waals surface area contributed by atoms with Crippen molar-refractivity contribution in [3.63, 3.8) is 0 Å². The van der Waals surface area contributed by atoms with Crippen molar-refractivity contribution >= 4 is 23.2 Å². The van der Waals surface area contributed by atoms with Crippen molar-refractivity contribution in [2.75, 3.05) is 13.2 Å². The van der Waals surface area contributed by atoms with Crippen LogP contribution in [0.4, 0.5) is 5.69 Å². The Morgan fingerprint density at radius 3 is 2.62 bits per heavy atom. The lowest BCUT2D eigenvalue weighted by Crippen LogP contribution is -2.37. The molecule has 0 N–H and O–H groups in total. The monoisotopic (exact) mass is 374 g/mol. The minimum atomic E-state index is -0.528. The van der Waals surface area contributed by atoms with Crippen molar-refractivity contribution in [3.05, 3.63) is 74.8 Å². The number of nitrogens with zero attached hydrogens (tertiary/aromatic N) is 2.